The second-order valence-electron chi connectivity index (χ2n) is 8.15. The number of hydrogen-bond donors (Lipinski definition) is 1. The first-order chi connectivity index (χ1) is 15.8. The number of rotatable bonds is 16. The molecule has 0 unspecified atom stereocenters. The van der Waals surface area contributed by atoms with Crippen molar-refractivity contribution in [3.05, 3.63) is 52.2 Å². The molecule has 0 atom stereocenters. The molecule has 0 saturated heterocycles. The van der Waals surface area contributed by atoms with E-state index in [0.29, 0.717) is 0 Å². The molecule has 0 spiro atoms. The fourth-order valence-corrected chi connectivity index (χ4v) is 5.59. The topological polar surface area (TPSA) is 50.7 Å². The van der Waals surface area contributed by atoms with Crippen molar-refractivity contribution in [3.63, 3.8) is 0 Å². The molecule has 2 heterocycles. The van der Waals surface area contributed by atoms with Crippen LogP contribution in [0.3, 0.4) is 0 Å². The van der Waals surface area contributed by atoms with Gasteiger partial charge in [0.2, 0.25) is 0 Å². The number of nitrogens with zero attached hydrogens (tertiary/aromatic N) is 1. The second-order valence-corrected chi connectivity index (χ2v) is 10.3. The zero-order chi connectivity index (χ0) is 22.3. The van der Waals surface area contributed by atoms with Gasteiger partial charge < -0.3 is 10.1 Å². The molecule has 0 fully saturated rings. The number of aliphatic imine (C=N–C) groups is 1. The van der Waals surface area contributed by atoms with Crippen LogP contribution in [0.25, 0.3) is 0 Å². The number of benzene rings is 1. The fraction of sp³-hybridized carbons (Fsp3) is 0.538. The number of ether oxygens (including phenoxy) is 1. The van der Waals surface area contributed by atoms with Crippen LogP contribution in [-0.2, 0) is 0 Å². The smallest absolute Gasteiger partial charge is 0.261 e. The quantitative estimate of drug-likeness (QED) is 0.269. The van der Waals surface area contributed by atoms with E-state index < -0.39 is 0 Å². The third kappa shape index (κ3) is 9.37. The molecule has 1 amide bonds. The van der Waals surface area contributed by atoms with Gasteiger partial charge in [0.05, 0.1) is 16.4 Å². The lowest BCUT2D eigenvalue weighted by molar-refractivity contribution is 0.0957. The number of carbonyl (C=O) groups is 1. The molecule has 0 aliphatic carbocycles. The Bertz CT molecular complexity index is 820. The van der Waals surface area contributed by atoms with E-state index in [1.54, 1.807) is 23.1 Å². The predicted octanol–water partition coefficient (Wildman–Crippen LogP) is 6.95. The monoisotopic (exact) mass is 472 g/mol. The molecule has 1 aliphatic rings. The number of para-hydroxylation sites is 1. The van der Waals surface area contributed by atoms with E-state index >= 15 is 0 Å². The van der Waals surface area contributed by atoms with Crippen LogP contribution in [0.5, 0.6) is 5.75 Å². The summed E-state index contributed by atoms with van der Waals surface area (Å²) < 4.78 is 5.73. The van der Waals surface area contributed by atoms with Crippen molar-refractivity contribution in [2.45, 2.75) is 64.2 Å². The Morgan fingerprint density at radius 3 is 2.25 bits per heavy atom. The number of carbonyl (C=O) groups excluding carboxylic acids is 1. The summed E-state index contributed by atoms with van der Waals surface area (Å²) in [6.07, 6.45) is 12.5. The van der Waals surface area contributed by atoms with Crippen LogP contribution in [0.15, 0.2) is 47.5 Å². The number of hydrogen-bond acceptors (Lipinski definition) is 5. The number of unbranched alkanes of at least 4 members (excludes halogenated alkanes) is 9. The molecule has 32 heavy (non-hydrogen) atoms. The van der Waals surface area contributed by atoms with Crippen molar-refractivity contribution in [3.8, 4) is 5.75 Å². The maximum atomic E-state index is 12.3. The maximum Gasteiger partial charge on any atom is 0.261 e. The Morgan fingerprint density at radius 2 is 1.56 bits per heavy atom. The van der Waals surface area contributed by atoms with Crippen LogP contribution in [-0.4, -0.2) is 36.4 Å². The molecule has 1 aromatic heterocycles. The Balaban J connectivity index is 1.09. The molecule has 0 bridgehead atoms. The van der Waals surface area contributed by atoms with E-state index in [9.17, 15) is 4.79 Å². The van der Waals surface area contributed by atoms with Gasteiger partial charge in [-0.15, -0.1) is 23.1 Å². The summed E-state index contributed by atoms with van der Waals surface area (Å²) in [4.78, 5) is 18.7. The lowest BCUT2D eigenvalue weighted by Crippen LogP contribution is -2.23. The maximum absolute atomic E-state index is 12.3. The standard InChI is InChI=1S/C26H36N2O2S2/c29-25(23-16-17-24(32-23)26-28-19-21-31-26)27-18-12-7-5-3-1-2-4-6-8-13-20-30-22-14-10-9-11-15-22/h9-11,14-17H,1-8,12-13,18-21H2,(H,27,29). The summed E-state index contributed by atoms with van der Waals surface area (Å²) in [6.45, 7) is 2.49. The number of thiophene rings is 1. The number of thioether (sulfide) groups is 1. The molecule has 1 aromatic carbocycles. The van der Waals surface area contributed by atoms with Crippen molar-refractivity contribution in [1.29, 1.82) is 0 Å². The SMILES string of the molecule is O=C(NCCCCCCCCCCCCOc1ccccc1)c1ccc(C2=NCCS2)s1. The van der Waals surface area contributed by atoms with Crippen LogP contribution in [0.4, 0.5) is 0 Å². The van der Waals surface area contributed by atoms with Crippen LogP contribution >= 0.6 is 23.1 Å². The van der Waals surface area contributed by atoms with Gasteiger partial charge in [-0.05, 0) is 37.1 Å². The lowest BCUT2D eigenvalue weighted by Gasteiger charge is -2.06. The first kappa shape index (κ1) is 24.8. The van der Waals surface area contributed by atoms with Crippen LogP contribution in [0.2, 0.25) is 0 Å². The van der Waals surface area contributed by atoms with Gasteiger partial charge >= 0.3 is 0 Å². The molecular formula is C26H36N2O2S2. The van der Waals surface area contributed by atoms with Gasteiger partial charge in [-0.1, -0.05) is 69.6 Å². The van der Waals surface area contributed by atoms with Crippen molar-refractivity contribution in [2.24, 2.45) is 4.99 Å². The van der Waals surface area contributed by atoms with Gasteiger partial charge in [0, 0.05) is 18.8 Å². The number of amides is 1. The van der Waals surface area contributed by atoms with Gasteiger partial charge in [-0.2, -0.15) is 0 Å². The zero-order valence-electron chi connectivity index (χ0n) is 19.0. The molecule has 1 N–H and O–H groups in total. The van der Waals surface area contributed by atoms with Crippen molar-refractivity contribution < 1.29 is 9.53 Å². The van der Waals surface area contributed by atoms with Gasteiger partial charge in [0.1, 0.15) is 10.8 Å². The van der Waals surface area contributed by atoms with Crippen molar-refractivity contribution >= 4 is 34.0 Å². The number of nitrogens with one attached hydrogen (secondary N) is 1. The summed E-state index contributed by atoms with van der Waals surface area (Å²) in [5, 5.41) is 4.15. The molecule has 1 aliphatic heterocycles. The highest BCUT2D eigenvalue weighted by Gasteiger charge is 2.15. The Morgan fingerprint density at radius 1 is 0.875 bits per heavy atom. The Labute approximate surface area is 201 Å². The minimum Gasteiger partial charge on any atom is -0.494 e. The summed E-state index contributed by atoms with van der Waals surface area (Å²) in [5.74, 6) is 2.08. The largest absolute Gasteiger partial charge is 0.494 e. The summed E-state index contributed by atoms with van der Waals surface area (Å²) in [5.41, 5.74) is 0. The average molecular weight is 473 g/mol. The van der Waals surface area contributed by atoms with Crippen molar-refractivity contribution in [2.75, 3.05) is 25.4 Å². The fourth-order valence-electron chi connectivity index (χ4n) is 3.70. The minimum atomic E-state index is 0.0546. The normalized spacial score (nSPS) is 13.2. The van der Waals surface area contributed by atoms with E-state index in [1.807, 2.05) is 42.5 Å². The molecular weight excluding hydrogens is 436 g/mol. The third-order valence-corrected chi connectivity index (χ3v) is 7.72. The van der Waals surface area contributed by atoms with Crippen LogP contribution in [0.1, 0.15) is 78.8 Å². The van der Waals surface area contributed by atoms with Crippen LogP contribution < -0.4 is 10.1 Å². The van der Waals surface area contributed by atoms with Gasteiger partial charge in [0.15, 0.2) is 0 Å². The molecule has 174 valence electrons. The van der Waals surface area contributed by atoms with Gasteiger partial charge in [0.25, 0.3) is 5.91 Å². The van der Waals surface area contributed by atoms with E-state index in [2.05, 4.69) is 10.3 Å². The van der Waals surface area contributed by atoms with Gasteiger partial charge in [-0.25, -0.2) is 0 Å². The van der Waals surface area contributed by atoms with Crippen molar-refractivity contribution in [1.82, 2.24) is 5.32 Å². The third-order valence-electron chi connectivity index (χ3n) is 5.49. The molecule has 2 aromatic rings. The van der Waals surface area contributed by atoms with Crippen LogP contribution in [0, 0.1) is 0 Å². The van der Waals surface area contributed by atoms with E-state index in [4.69, 9.17) is 4.74 Å². The summed E-state index contributed by atoms with van der Waals surface area (Å²) in [6, 6.07) is 14.0. The average Bonchev–Trinajstić information content (AvgIpc) is 3.52. The summed E-state index contributed by atoms with van der Waals surface area (Å²) in [7, 11) is 0. The lowest BCUT2D eigenvalue weighted by atomic mass is 10.1. The highest BCUT2D eigenvalue weighted by molar-refractivity contribution is 8.15. The predicted molar refractivity (Wildman–Crippen MR) is 139 cm³/mol. The van der Waals surface area contributed by atoms with E-state index in [-0.39, 0.29) is 5.91 Å². The second kappa shape index (κ2) is 15.1. The highest BCUT2D eigenvalue weighted by atomic mass is 32.2. The van der Waals surface area contributed by atoms with E-state index in [1.165, 1.54) is 51.4 Å². The molecule has 0 saturated carbocycles. The first-order valence-corrected chi connectivity index (χ1v) is 13.9. The molecule has 4 nitrogen and oxygen atoms in total. The highest BCUT2D eigenvalue weighted by Crippen LogP contribution is 2.25. The first-order valence-electron chi connectivity index (χ1n) is 12.1. The molecule has 6 heteroatoms. The Hall–Kier alpha value is -1.79. The van der Waals surface area contributed by atoms with E-state index in [0.717, 1.165) is 58.8 Å². The molecule has 0 radical (unpaired) electrons. The Kier molecular flexibility index (Phi) is 11.7. The van der Waals surface area contributed by atoms with Gasteiger partial charge in [-0.3, -0.25) is 9.79 Å². The zero-order valence-corrected chi connectivity index (χ0v) is 20.7. The molecule has 3 rings (SSSR count). The summed E-state index contributed by atoms with van der Waals surface area (Å²) >= 11 is 3.33. The minimum absolute atomic E-state index is 0.0546.